The van der Waals surface area contributed by atoms with Gasteiger partial charge in [0.1, 0.15) is 36.0 Å². The number of piperidine rings is 1. The number of benzene rings is 2. The van der Waals surface area contributed by atoms with E-state index >= 15 is 0 Å². The third-order valence-corrected chi connectivity index (χ3v) is 18.7. The second kappa shape index (κ2) is 44.3. The van der Waals surface area contributed by atoms with Crippen molar-refractivity contribution in [1.82, 2.24) is 51.8 Å². The molecule has 0 aliphatic carbocycles. The molecule has 1 saturated heterocycles. The second-order valence-electron chi connectivity index (χ2n) is 26.9. The molecule has 1 aliphatic rings. The van der Waals surface area contributed by atoms with E-state index in [2.05, 4.69) is 46.9 Å². The van der Waals surface area contributed by atoms with Gasteiger partial charge in [-0.25, -0.2) is 4.79 Å². The van der Waals surface area contributed by atoms with E-state index in [1.165, 1.54) is 12.0 Å². The van der Waals surface area contributed by atoms with Gasteiger partial charge >= 0.3 is 5.97 Å². The van der Waals surface area contributed by atoms with Crippen LogP contribution in [0.5, 0.6) is 17.2 Å². The number of methoxy groups -OCH3 is 2. The van der Waals surface area contributed by atoms with Crippen LogP contribution in [0.3, 0.4) is 0 Å². The van der Waals surface area contributed by atoms with Gasteiger partial charge in [0, 0.05) is 146 Å². The number of aromatic nitrogens is 3. The standard InChI is InChI=1S/C77H108N14O14/c1-9-77(2,3)71(96)75(100)91-47-17-13-24-63(91)76(101)105-64(27-25-54-26-28-65(102-7)66(51-54)103-8)55-19-18-20-59(52-55)104-53-70(95)84-40-14-10-21-60(72(78)97)86-74(99)62(23-12-16-39-83-68(93)36-49-89(5)57-31-43-80-44-32-57)87-73(98)61(85-69(94)37-50-90(6)58-33-45-81-46-34-58)22-11-15-38-82-67(92)35-48-88(4)56-29-41-79-42-30-56/h18-20,26,28-34,41-46,51-52,60-64H,9-17,21-25,27,35-40,47-50,53H2,1-8H3,(H2,78,97)(H,82,92)(H,83,93)(H,84,95)(H,85,94)(H,86,99)(H,87,98)/t60-,61-,62-,63-,64+/m0/s1. The number of carbonyl (C=O) groups is 10. The third kappa shape index (κ3) is 28.6. The number of aryl methyl sites for hydroxylation is 1. The second-order valence-corrected chi connectivity index (χ2v) is 26.9. The molecule has 570 valence electrons. The minimum Gasteiger partial charge on any atom is -0.493 e. The summed E-state index contributed by atoms with van der Waals surface area (Å²) in [6.07, 6.45) is 15.1. The van der Waals surface area contributed by atoms with Crippen LogP contribution in [0.1, 0.15) is 147 Å². The minimum absolute atomic E-state index is 0.0267. The lowest BCUT2D eigenvalue weighted by molar-refractivity contribution is -0.164. The van der Waals surface area contributed by atoms with Crippen molar-refractivity contribution in [2.45, 2.75) is 167 Å². The van der Waals surface area contributed by atoms with Gasteiger partial charge in [0.05, 0.1) is 14.2 Å². The zero-order valence-corrected chi connectivity index (χ0v) is 62.2. The average Bonchev–Trinajstić information content (AvgIpc) is 0.806. The van der Waals surface area contributed by atoms with Gasteiger partial charge in [0.25, 0.3) is 11.8 Å². The number of hydrogen-bond donors (Lipinski definition) is 7. The van der Waals surface area contributed by atoms with Gasteiger partial charge in [-0.05, 0) is 168 Å². The van der Waals surface area contributed by atoms with Crippen molar-refractivity contribution in [3.8, 4) is 17.2 Å². The number of pyridine rings is 3. The first kappa shape index (κ1) is 83.5. The van der Waals surface area contributed by atoms with Crippen molar-refractivity contribution in [1.29, 1.82) is 0 Å². The molecule has 3 aromatic heterocycles. The van der Waals surface area contributed by atoms with E-state index in [4.69, 9.17) is 24.7 Å². The van der Waals surface area contributed by atoms with Crippen LogP contribution in [-0.4, -0.2) is 191 Å². The molecule has 4 heterocycles. The Morgan fingerprint density at radius 2 is 1.06 bits per heavy atom. The monoisotopic (exact) mass is 1450 g/mol. The van der Waals surface area contributed by atoms with Gasteiger partial charge in [-0.2, -0.15) is 0 Å². The molecule has 0 radical (unpaired) electrons. The van der Waals surface area contributed by atoms with Gasteiger partial charge in [0.15, 0.2) is 18.1 Å². The number of amides is 8. The first-order valence-electron chi connectivity index (χ1n) is 36.3. The molecule has 5 aromatic rings. The molecular formula is C77H108N14O14. The fraction of sp³-hybridized carbons (Fsp3) is 0.519. The fourth-order valence-corrected chi connectivity index (χ4v) is 11.8. The van der Waals surface area contributed by atoms with Gasteiger partial charge in [0.2, 0.25) is 41.2 Å². The van der Waals surface area contributed by atoms with Crippen molar-refractivity contribution in [3.05, 3.63) is 127 Å². The highest BCUT2D eigenvalue weighted by Crippen LogP contribution is 2.33. The first-order chi connectivity index (χ1) is 50.5. The van der Waals surface area contributed by atoms with Gasteiger partial charge in [-0.1, -0.05) is 39.0 Å². The summed E-state index contributed by atoms with van der Waals surface area (Å²) in [5.41, 5.74) is 9.11. The number of Topliss-reactive ketones (excluding diaryl/α,β-unsaturated/α-hetero) is 1. The Balaban J connectivity index is 1.07. The molecule has 6 rings (SSSR count). The molecule has 1 fully saturated rings. The van der Waals surface area contributed by atoms with E-state index in [9.17, 15) is 47.9 Å². The van der Waals surface area contributed by atoms with Crippen LogP contribution in [0.15, 0.2) is 116 Å². The third-order valence-electron chi connectivity index (χ3n) is 18.7. The van der Waals surface area contributed by atoms with E-state index in [0.717, 1.165) is 22.6 Å². The van der Waals surface area contributed by atoms with Gasteiger partial charge < -0.3 is 76.2 Å². The zero-order valence-electron chi connectivity index (χ0n) is 62.2. The summed E-state index contributed by atoms with van der Waals surface area (Å²) >= 11 is 0. The number of ketones is 1. The Labute approximate surface area is 616 Å². The average molecular weight is 1450 g/mol. The van der Waals surface area contributed by atoms with Crippen LogP contribution < -0.4 is 66.5 Å². The maximum absolute atomic E-state index is 14.5. The summed E-state index contributed by atoms with van der Waals surface area (Å²) < 4.78 is 23.3. The van der Waals surface area contributed by atoms with Crippen LogP contribution in [0.4, 0.5) is 17.1 Å². The Hall–Kier alpha value is -10.4. The lowest BCUT2D eigenvalue weighted by atomic mass is 9.84. The Kier molecular flexibility index (Phi) is 35.2. The van der Waals surface area contributed by atoms with E-state index in [1.54, 1.807) is 88.5 Å². The number of hydrogen-bond acceptors (Lipinski definition) is 20. The molecule has 5 atom stereocenters. The van der Waals surface area contributed by atoms with Crippen LogP contribution in [0, 0.1) is 5.41 Å². The Morgan fingerprint density at radius 1 is 0.571 bits per heavy atom. The molecule has 105 heavy (non-hydrogen) atoms. The summed E-state index contributed by atoms with van der Waals surface area (Å²) in [6.45, 7) is 7.13. The maximum Gasteiger partial charge on any atom is 0.329 e. The summed E-state index contributed by atoms with van der Waals surface area (Å²) in [7, 11) is 8.68. The molecule has 0 spiro atoms. The minimum atomic E-state index is -1.21. The molecule has 28 heteroatoms. The van der Waals surface area contributed by atoms with E-state index in [-0.39, 0.29) is 76.6 Å². The number of ether oxygens (including phenoxy) is 4. The van der Waals surface area contributed by atoms with Crippen molar-refractivity contribution < 1.29 is 66.9 Å². The summed E-state index contributed by atoms with van der Waals surface area (Å²) in [5, 5.41) is 17.2. The van der Waals surface area contributed by atoms with Crippen molar-refractivity contribution in [3.63, 3.8) is 0 Å². The highest BCUT2D eigenvalue weighted by Gasteiger charge is 2.41. The van der Waals surface area contributed by atoms with E-state index in [1.807, 2.05) is 91.3 Å². The number of carbonyl (C=O) groups excluding carboxylic acids is 10. The zero-order chi connectivity index (χ0) is 76.1. The topological polar surface area (TPSA) is 357 Å². The molecular weight excluding hydrogens is 1340 g/mol. The molecule has 0 unspecified atom stereocenters. The number of primary amides is 1. The van der Waals surface area contributed by atoms with Crippen molar-refractivity contribution in [2.24, 2.45) is 11.1 Å². The number of unbranched alkanes of at least 4 members (excludes halogenated alkanes) is 3. The van der Waals surface area contributed by atoms with E-state index in [0.29, 0.717) is 126 Å². The molecule has 28 nitrogen and oxygen atoms in total. The smallest absolute Gasteiger partial charge is 0.329 e. The molecule has 8 amide bonds. The lowest BCUT2D eigenvalue weighted by Gasteiger charge is -2.36. The predicted octanol–water partition coefficient (Wildman–Crippen LogP) is 6.25. The Morgan fingerprint density at radius 3 is 1.56 bits per heavy atom. The normalized spacial score (nSPS) is 13.8. The molecule has 2 aromatic carbocycles. The molecule has 0 saturated carbocycles. The fourth-order valence-electron chi connectivity index (χ4n) is 11.8. The highest BCUT2D eigenvalue weighted by molar-refractivity contribution is 6.38. The van der Waals surface area contributed by atoms with Gasteiger partial charge in [-0.3, -0.25) is 58.1 Å². The first-order valence-corrected chi connectivity index (χ1v) is 36.3. The highest BCUT2D eigenvalue weighted by atomic mass is 16.5. The van der Waals surface area contributed by atoms with Crippen LogP contribution in [-0.2, 0) is 59.1 Å². The van der Waals surface area contributed by atoms with Crippen molar-refractivity contribution in [2.75, 3.05) is 102 Å². The number of esters is 1. The van der Waals surface area contributed by atoms with Crippen LogP contribution in [0.25, 0.3) is 0 Å². The summed E-state index contributed by atoms with van der Waals surface area (Å²) in [5.74, 6) is -3.87. The van der Waals surface area contributed by atoms with Crippen LogP contribution in [0.2, 0.25) is 0 Å². The molecule has 8 N–H and O–H groups in total. The van der Waals surface area contributed by atoms with Crippen molar-refractivity contribution >= 4 is 76.1 Å². The van der Waals surface area contributed by atoms with Crippen LogP contribution >= 0.6 is 0 Å². The number of nitrogens with one attached hydrogen (secondary N) is 6. The molecule has 1 aliphatic heterocycles. The molecule has 0 bridgehead atoms. The van der Waals surface area contributed by atoms with E-state index < -0.39 is 82.9 Å². The largest absolute Gasteiger partial charge is 0.493 e. The number of anilines is 3. The SMILES string of the molecule is CCC(C)(C)C(=O)C(=O)N1CCCC[C@H]1C(=O)O[C@H](CCc1ccc(OC)c(OC)c1)c1cccc(OCC(=O)NCCCC[C@H](NC(=O)[C@H](CCCCNC(=O)CCN(C)c2ccncc2)NC(=O)[C@H](CCCCNC(=O)CCN(C)c2ccncc2)NC(=O)CCN(C)c2ccncc2)C(N)=O)c1. The number of nitrogens with zero attached hydrogens (tertiary/aromatic N) is 7. The summed E-state index contributed by atoms with van der Waals surface area (Å²) in [4.78, 5) is 155. The number of rotatable bonds is 47. The Bertz CT molecular complexity index is 3590. The lowest BCUT2D eigenvalue weighted by Crippen LogP contribution is -2.56. The van der Waals surface area contributed by atoms with Gasteiger partial charge in [-0.15, -0.1) is 0 Å². The predicted molar refractivity (Wildman–Crippen MR) is 399 cm³/mol. The summed E-state index contributed by atoms with van der Waals surface area (Å²) in [6, 6.07) is 18.9. The number of nitrogens with two attached hydrogens (primary N) is 1. The maximum atomic E-state index is 14.5. The number of likely N-dealkylation sites (tertiary alicyclic amines) is 1. The quantitative estimate of drug-likeness (QED) is 0.0128.